The molecule has 0 atom stereocenters. The van der Waals surface area contributed by atoms with Crippen LogP contribution in [-0.2, 0) is 13.0 Å². The second-order valence-corrected chi connectivity index (χ2v) is 4.02. The fraction of sp³-hybridized carbons (Fsp3) is 0.333. The molecule has 0 unspecified atom stereocenters. The molecule has 0 spiro atoms. The molecule has 0 saturated heterocycles. The highest BCUT2D eigenvalue weighted by molar-refractivity contribution is 5.85. The minimum Gasteiger partial charge on any atom is -0.355 e. The Morgan fingerprint density at radius 3 is 3.13 bits per heavy atom. The molecule has 1 aliphatic heterocycles. The summed E-state index contributed by atoms with van der Waals surface area (Å²) in [6.45, 7) is 1.86. The van der Waals surface area contributed by atoms with Crippen molar-refractivity contribution < 1.29 is 4.39 Å². The van der Waals surface area contributed by atoms with Crippen LogP contribution in [0.5, 0.6) is 0 Å². The van der Waals surface area contributed by atoms with E-state index in [0.717, 1.165) is 37.0 Å². The van der Waals surface area contributed by atoms with Crippen LogP contribution in [0.4, 0.5) is 4.39 Å². The summed E-state index contributed by atoms with van der Waals surface area (Å²) in [5.74, 6) is -0.152. The number of hydrogen-bond acceptors (Lipinski definition) is 1. The molecule has 0 radical (unpaired) electrons. The Morgan fingerprint density at radius 2 is 2.20 bits per heavy atom. The first-order valence-electron chi connectivity index (χ1n) is 5.35. The lowest BCUT2D eigenvalue weighted by Crippen LogP contribution is -2.12. The average molecular weight is 204 g/mol. The maximum atomic E-state index is 13.5. The predicted molar refractivity (Wildman–Crippen MR) is 58.3 cm³/mol. The zero-order valence-corrected chi connectivity index (χ0v) is 8.44. The first kappa shape index (κ1) is 8.92. The van der Waals surface area contributed by atoms with Crippen LogP contribution in [0.1, 0.15) is 17.7 Å². The lowest BCUT2D eigenvalue weighted by atomic mass is 10.1. The van der Waals surface area contributed by atoms with E-state index in [1.807, 2.05) is 6.07 Å². The smallest absolute Gasteiger partial charge is 0.147 e. The van der Waals surface area contributed by atoms with Crippen molar-refractivity contribution in [2.24, 2.45) is 0 Å². The molecule has 2 aromatic rings. The first-order chi connectivity index (χ1) is 7.36. The Labute approximate surface area is 87.5 Å². The average Bonchev–Trinajstić information content (AvgIpc) is 2.45. The van der Waals surface area contributed by atoms with Crippen LogP contribution in [0.3, 0.4) is 0 Å². The number of fused-ring (bicyclic) bond motifs is 3. The van der Waals surface area contributed by atoms with Gasteiger partial charge in [0.2, 0.25) is 0 Å². The number of H-pyrrole nitrogens is 1. The summed E-state index contributed by atoms with van der Waals surface area (Å²) >= 11 is 0. The van der Waals surface area contributed by atoms with E-state index in [4.69, 9.17) is 0 Å². The van der Waals surface area contributed by atoms with Gasteiger partial charge >= 0.3 is 0 Å². The number of halogens is 1. The van der Waals surface area contributed by atoms with Crippen LogP contribution in [0.25, 0.3) is 10.9 Å². The lowest BCUT2D eigenvalue weighted by Gasteiger charge is -1.96. The van der Waals surface area contributed by atoms with E-state index in [-0.39, 0.29) is 5.82 Å². The van der Waals surface area contributed by atoms with Crippen LogP contribution < -0.4 is 5.32 Å². The Balaban J connectivity index is 2.28. The summed E-state index contributed by atoms with van der Waals surface area (Å²) in [6, 6.07) is 5.29. The number of aryl methyl sites for hydroxylation is 1. The molecule has 2 heterocycles. The highest BCUT2D eigenvalue weighted by Crippen LogP contribution is 2.26. The van der Waals surface area contributed by atoms with Crippen LogP contribution in [0.15, 0.2) is 18.2 Å². The third-order valence-electron chi connectivity index (χ3n) is 3.06. The summed E-state index contributed by atoms with van der Waals surface area (Å²) in [6.07, 6.45) is 2.16. The highest BCUT2D eigenvalue weighted by atomic mass is 19.1. The Hall–Kier alpha value is -1.35. The van der Waals surface area contributed by atoms with E-state index >= 15 is 0 Å². The summed E-state index contributed by atoms with van der Waals surface area (Å²) in [5, 5.41) is 4.38. The summed E-state index contributed by atoms with van der Waals surface area (Å²) in [7, 11) is 0. The molecule has 3 heteroatoms. The Bertz CT molecular complexity index is 502. The number of hydrogen-bond donors (Lipinski definition) is 2. The lowest BCUT2D eigenvalue weighted by molar-refractivity contribution is 0.635. The molecule has 15 heavy (non-hydrogen) atoms. The minimum absolute atomic E-state index is 0.152. The van der Waals surface area contributed by atoms with Crippen molar-refractivity contribution in [2.45, 2.75) is 19.4 Å². The number of benzene rings is 1. The van der Waals surface area contributed by atoms with Crippen molar-refractivity contribution in [3.63, 3.8) is 0 Å². The molecular formula is C12H13FN2. The van der Waals surface area contributed by atoms with Gasteiger partial charge in [0.25, 0.3) is 0 Å². The standard InChI is InChI=1S/C12H13FN2/c13-10-5-1-3-9-8-4-2-6-14-7-11(8)15-12(9)10/h1,3,5,14-15H,2,4,6-7H2. The van der Waals surface area contributed by atoms with Crippen LogP contribution in [0, 0.1) is 5.82 Å². The van der Waals surface area contributed by atoms with Gasteiger partial charge in [-0.15, -0.1) is 0 Å². The monoisotopic (exact) mass is 204 g/mol. The zero-order valence-electron chi connectivity index (χ0n) is 8.44. The molecule has 0 amide bonds. The molecule has 2 nitrogen and oxygen atoms in total. The van der Waals surface area contributed by atoms with Gasteiger partial charge in [-0.2, -0.15) is 0 Å². The topological polar surface area (TPSA) is 27.8 Å². The van der Waals surface area contributed by atoms with Gasteiger partial charge in [-0.25, -0.2) is 4.39 Å². The molecular weight excluding hydrogens is 191 g/mol. The fourth-order valence-corrected chi connectivity index (χ4v) is 2.33. The third kappa shape index (κ3) is 1.35. The summed E-state index contributed by atoms with van der Waals surface area (Å²) < 4.78 is 13.5. The van der Waals surface area contributed by atoms with E-state index in [1.165, 1.54) is 11.6 Å². The van der Waals surface area contributed by atoms with Crippen molar-refractivity contribution in [3.05, 3.63) is 35.3 Å². The molecule has 1 aromatic heterocycles. The summed E-state index contributed by atoms with van der Waals surface area (Å²) in [5.41, 5.74) is 3.09. The number of aromatic nitrogens is 1. The van der Waals surface area contributed by atoms with Crippen molar-refractivity contribution in [2.75, 3.05) is 6.54 Å². The third-order valence-corrected chi connectivity index (χ3v) is 3.06. The van der Waals surface area contributed by atoms with E-state index in [0.29, 0.717) is 5.52 Å². The van der Waals surface area contributed by atoms with Gasteiger partial charge in [0.1, 0.15) is 5.82 Å². The van der Waals surface area contributed by atoms with Gasteiger partial charge in [0, 0.05) is 17.6 Å². The highest BCUT2D eigenvalue weighted by Gasteiger charge is 2.15. The van der Waals surface area contributed by atoms with Gasteiger partial charge < -0.3 is 10.3 Å². The molecule has 1 aliphatic rings. The van der Waals surface area contributed by atoms with Gasteiger partial charge in [-0.1, -0.05) is 12.1 Å². The van der Waals surface area contributed by atoms with Crippen LogP contribution in [0.2, 0.25) is 0 Å². The van der Waals surface area contributed by atoms with Crippen molar-refractivity contribution in [1.82, 2.24) is 10.3 Å². The molecule has 0 bridgehead atoms. The first-order valence-corrected chi connectivity index (χ1v) is 5.35. The second kappa shape index (κ2) is 3.35. The maximum Gasteiger partial charge on any atom is 0.147 e. The van der Waals surface area contributed by atoms with Gasteiger partial charge in [0.15, 0.2) is 0 Å². The second-order valence-electron chi connectivity index (χ2n) is 4.02. The Morgan fingerprint density at radius 1 is 1.27 bits per heavy atom. The number of rotatable bonds is 0. The quantitative estimate of drug-likeness (QED) is 0.677. The fourth-order valence-electron chi connectivity index (χ4n) is 2.33. The number of aromatic amines is 1. The van der Waals surface area contributed by atoms with Crippen molar-refractivity contribution in [1.29, 1.82) is 0 Å². The Kier molecular flexibility index (Phi) is 1.99. The van der Waals surface area contributed by atoms with Crippen molar-refractivity contribution >= 4 is 10.9 Å². The van der Waals surface area contributed by atoms with Gasteiger partial charge in [-0.05, 0) is 31.0 Å². The summed E-state index contributed by atoms with van der Waals surface area (Å²) in [4.78, 5) is 3.19. The van der Waals surface area contributed by atoms with E-state index in [9.17, 15) is 4.39 Å². The molecule has 2 N–H and O–H groups in total. The maximum absolute atomic E-state index is 13.5. The minimum atomic E-state index is -0.152. The molecule has 78 valence electrons. The van der Waals surface area contributed by atoms with E-state index in [2.05, 4.69) is 10.3 Å². The molecule has 0 fully saturated rings. The zero-order chi connectivity index (χ0) is 10.3. The molecule has 0 aliphatic carbocycles. The number of para-hydroxylation sites is 1. The van der Waals surface area contributed by atoms with Crippen molar-refractivity contribution in [3.8, 4) is 0 Å². The normalized spacial score (nSPS) is 16.3. The largest absolute Gasteiger partial charge is 0.355 e. The van der Waals surface area contributed by atoms with Gasteiger partial charge in [-0.3, -0.25) is 0 Å². The van der Waals surface area contributed by atoms with E-state index < -0.39 is 0 Å². The molecule has 1 aromatic carbocycles. The van der Waals surface area contributed by atoms with E-state index in [1.54, 1.807) is 6.07 Å². The van der Waals surface area contributed by atoms with Gasteiger partial charge in [0.05, 0.1) is 5.52 Å². The predicted octanol–water partition coefficient (Wildman–Crippen LogP) is 2.34. The van der Waals surface area contributed by atoms with Crippen LogP contribution in [-0.4, -0.2) is 11.5 Å². The number of nitrogens with one attached hydrogen (secondary N) is 2. The molecule has 0 saturated carbocycles. The SMILES string of the molecule is Fc1cccc2c3c([nH]c12)CNCCC3. The molecule has 3 rings (SSSR count). The van der Waals surface area contributed by atoms with Crippen LogP contribution >= 0.6 is 0 Å².